The second-order valence-corrected chi connectivity index (χ2v) is 1.41. The fourth-order valence-corrected chi connectivity index (χ4v) is 0.453. The summed E-state index contributed by atoms with van der Waals surface area (Å²) in [6, 6.07) is 9.49. The summed E-state index contributed by atoms with van der Waals surface area (Å²) < 4.78 is 0. The third-order valence-corrected chi connectivity index (χ3v) is 0.800. The molecule has 2 N–H and O–H groups in total. The van der Waals surface area contributed by atoms with Crippen molar-refractivity contribution in [1.29, 1.82) is 0 Å². The first-order chi connectivity index (χ1) is 4.39. The largest absolute Gasteiger partial charge is 0.399 e. The van der Waals surface area contributed by atoms with Gasteiger partial charge in [0.15, 0.2) is 0 Å². The summed E-state index contributed by atoms with van der Waals surface area (Å²) in [5.41, 5.74) is 6.18. The molecule has 0 amide bonds. The van der Waals surface area contributed by atoms with E-state index in [1.165, 1.54) is 6.82 Å². The zero-order chi connectivity index (χ0) is 7.11. The molecule has 0 aliphatic rings. The summed E-state index contributed by atoms with van der Waals surface area (Å²) in [7, 11) is 4.50. The van der Waals surface area contributed by atoms with E-state index in [1.807, 2.05) is 30.3 Å². The van der Waals surface area contributed by atoms with Crippen LogP contribution in [-0.2, 0) is 0 Å². The Balaban J connectivity index is 0.000000291. The van der Waals surface area contributed by atoms with E-state index in [2.05, 4.69) is 7.85 Å². The minimum Gasteiger partial charge on any atom is -0.399 e. The summed E-state index contributed by atoms with van der Waals surface area (Å²) >= 11 is 0. The van der Waals surface area contributed by atoms with Crippen LogP contribution < -0.4 is 5.73 Å². The van der Waals surface area contributed by atoms with Crippen LogP contribution in [0.3, 0.4) is 0 Å². The smallest absolute Gasteiger partial charge is 0.0606 e. The number of anilines is 1. The van der Waals surface area contributed by atoms with Gasteiger partial charge in [-0.15, -0.1) is 0 Å². The van der Waals surface area contributed by atoms with Crippen LogP contribution in [0.15, 0.2) is 30.3 Å². The van der Waals surface area contributed by atoms with Gasteiger partial charge in [-0.2, -0.15) is 0 Å². The number of hydrogen-bond acceptors (Lipinski definition) is 1. The second kappa shape index (κ2) is 5.23. The van der Waals surface area contributed by atoms with Crippen LogP contribution in [0.2, 0.25) is 6.82 Å². The van der Waals surface area contributed by atoms with Gasteiger partial charge in [0.25, 0.3) is 0 Å². The van der Waals surface area contributed by atoms with Crippen molar-refractivity contribution in [1.82, 2.24) is 0 Å². The zero-order valence-electron chi connectivity index (χ0n) is 5.54. The maximum Gasteiger partial charge on any atom is 0.0606 e. The van der Waals surface area contributed by atoms with Crippen LogP contribution in [0.4, 0.5) is 5.69 Å². The summed E-state index contributed by atoms with van der Waals surface area (Å²) in [5.74, 6) is 0. The van der Waals surface area contributed by atoms with Crippen LogP contribution in [0.1, 0.15) is 0 Å². The van der Waals surface area contributed by atoms with E-state index in [9.17, 15) is 0 Å². The van der Waals surface area contributed by atoms with Crippen molar-refractivity contribution in [2.75, 3.05) is 5.73 Å². The third kappa shape index (κ3) is 3.65. The number of rotatable bonds is 0. The Morgan fingerprint density at radius 3 is 1.78 bits per heavy atom. The SMILES string of the molecule is Nc1ccccc1.[B]C. The molecule has 2 heteroatoms. The van der Waals surface area contributed by atoms with Gasteiger partial charge in [0.1, 0.15) is 0 Å². The normalized spacial score (nSPS) is 7.22. The van der Waals surface area contributed by atoms with Gasteiger partial charge >= 0.3 is 0 Å². The quantitative estimate of drug-likeness (QED) is 0.406. The highest BCUT2D eigenvalue weighted by Crippen LogP contribution is 1.95. The minimum absolute atomic E-state index is 0.822. The Morgan fingerprint density at radius 1 is 1.11 bits per heavy atom. The van der Waals surface area contributed by atoms with Crippen molar-refractivity contribution in [2.45, 2.75) is 6.82 Å². The Hall–Kier alpha value is -0.915. The molecule has 1 rings (SSSR count). The third-order valence-electron chi connectivity index (χ3n) is 0.800. The minimum atomic E-state index is 0.822. The predicted molar refractivity (Wildman–Crippen MR) is 42.5 cm³/mol. The molecule has 0 saturated heterocycles. The molecular weight excluding hydrogens is 109 g/mol. The van der Waals surface area contributed by atoms with E-state index in [1.54, 1.807) is 0 Å². The van der Waals surface area contributed by atoms with Gasteiger partial charge in [-0.3, -0.25) is 0 Å². The average Bonchev–Trinajstić information content (AvgIpc) is 1.94. The lowest BCUT2D eigenvalue weighted by molar-refractivity contribution is 1.69. The molecule has 0 aromatic heterocycles. The van der Waals surface area contributed by atoms with E-state index in [4.69, 9.17) is 5.73 Å². The lowest BCUT2D eigenvalue weighted by Crippen LogP contribution is -1.79. The molecule has 46 valence electrons. The number of nitrogens with two attached hydrogens (primary N) is 1. The molecule has 1 nitrogen and oxygen atoms in total. The molecule has 0 saturated carbocycles. The molecule has 0 bridgehead atoms. The van der Waals surface area contributed by atoms with Crippen molar-refractivity contribution >= 4 is 13.5 Å². The lowest BCUT2D eigenvalue weighted by atomic mass is 10.2. The van der Waals surface area contributed by atoms with Gasteiger partial charge in [0.05, 0.1) is 7.85 Å². The van der Waals surface area contributed by atoms with Crippen LogP contribution in [0.25, 0.3) is 0 Å². The van der Waals surface area contributed by atoms with Crippen molar-refractivity contribution in [3.05, 3.63) is 30.3 Å². The summed E-state index contributed by atoms with van der Waals surface area (Å²) in [6.07, 6.45) is 0. The van der Waals surface area contributed by atoms with E-state index >= 15 is 0 Å². The Bertz CT molecular complexity index is 139. The van der Waals surface area contributed by atoms with E-state index in [-0.39, 0.29) is 0 Å². The number of benzene rings is 1. The van der Waals surface area contributed by atoms with E-state index in [0.717, 1.165) is 5.69 Å². The van der Waals surface area contributed by atoms with Gasteiger partial charge in [0, 0.05) is 5.69 Å². The maximum absolute atomic E-state index is 5.36. The first-order valence-electron chi connectivity index (χ1n) is 2.78. The van der Waals surface area contributed by atoms with E-state index in [0.29, 0.717) is 0 Å². The summed E-state index contributed by atoms with van der Waals surface area (Å²) in [4.78, 5) is 0. The zero-order valence-corrected chi connectivity index (χ0v) is 5.54. The first-order valence-corrected chi connectivity index (χ1v) is 2.78. The van der Waals surface area contributed by atoms with E-state index < -0.39 is 0 Å². The fraction of sp³-hybridized carbons (Fsp3) is 0.143. The van der Waals surface area contributed by atoms with Gasteiger partial charge in [-0.1, -0.05) is 25.0 Å². The number of nitrogen functional groups attached to an aromatic ring is 1. The van der Waals surface area contributed by atoms with Crippen LogP contribution in [0, 0.1) is 0 Å². The predicted octanol–water partition coefficient (Wildman–Crippen LogP) is 1.47. The Labute approximate surface area is 57.3 Å². The molecule has 0 atom stereocenters. The lowest BCUT2D eigenvalue weighted by Gasteiger charge is -1.83. The maximum atomic E-state index is 5.36. The highest BCUT2D eigenvalue weighted by atomic mass is 14.5. The van der Waals surface area contributed by atoms with Crippen molar-refractivity contribution in [3.63, 3.8) is 0 Å². The molecule has 0 fully saturated rings. The molecular formula is C7H10BN. The highest BCUT2D eigenvalue weighted by Gasteiger charge is 1.72. The standard InChI is InChI=1S/C6H7N.CH3B/c7-6-4-2-1-3-5-6;1-2/h1-5H,7H2;1H3. The molecule has 0 spiro atoms. The van der Waals surface area contributed by atoms with Gasteiger partial charge in [-0.05, 0) is 12.1 Å². The van der Waals surface area contributed by atoms with Gasteiger partial charge in [0.2, 0.25) is 0 Å². The molecule has 9 heavy (non-hydrogen) atoms. The van der Waals surface area contributed by atoms with Crippen LogP contribution >= 0.6 is 0 Å². The summed E-state index contributed by atoms with van der Waals surface area (Å²) in [5, 5.41) is 0. The first kappa shape index (κ1) is 8.08. The Morgan fingerprint density at radius 2 is 1.56 bits per heavy atom. The second-order valence-electron chi connectivity index (χ2n) is 1.41. The number of hydrogen-bond donors (Lipinski definition) is 1. The summed E-state index contributed by atoms with van der Waals surface area (Å²) in [6.45, 7) is 1.50. The molecule has 2 radical (unpaired) electrons. The van der Waals surface area contributed by atoms with Crippen LogP contribution in [0.5, 0.6) is 0 Å². The number of para-hydroxylation sites is 1. The monoisotopic (exact) mass is 119 g/mol. The Kier molecular flexibility index (Phi) is 4.69. The molecule has 0 aliphatic heterocycles. The molecule has 0 unspecified atom stereocenters. The highest BCUT2D eigenvalue weighted by molar-refractivity contribution is 6.05. The average molecular weight is 119 g/mol. The molecule has 0 heterocycles. The molecule has 1 aromatic carbocycles. The van der Waals surface area contributed by atoms with Gasteiger partial charge in [-0.25, -0.2) is 0 Å². The topological polar surface area (TPSA) is 26.0 Å². The van der Waals surface area contributed by atoms with Crippen molar-refractivity contribution in [2.24, 2.45) is 0 Å². The van der Waals surface area contributed by atoms with Crippen LogP contribution in [-0.4, -0.2) is 7.85 Å². The van der Waals surface area contributed by atoms with Crippen molar-refractivity contribution in [3.8, 4) is 0 Å². The van der Waals surface area contributed by atoms with Gasteiger partial charge < -0.3 is 5.73 Å². The van der Waals surface area contributed by atoms with Crippen molar-refractivity contribution < 1.29 is 0 Å². The fourth-order valence-electron chi connectivity index (χ4n) is 0.453. The molecule has 0 aliphatic carbocycles. The molecule has 1 aromatic rings.